The van der Waals surface area contributed by atoms with Crippen LogP contribution in [0.15, 0.2) is 15.2 Å². The van der Waals surface area contributed by atoms with E-state index in [4.69, 9.17) is 5.73 Å². The normalized spacial score (nSPS) is 13.6. The molecular formula is C9H15BrN2S. The Hall–Kier alpha value is 0.100. The van der Waals surface area contributed by atoms with Crippen molar-refractivity contribution in [2.45, 2.75) is 12.5 Å². The summed E-state index contributed by atoms with van der Waals surface area (Å²) in [4.78, 5) is 2.15. The van der Waals surface area contributed by atoms with Crippen LogP contribution in [0, 0.1) is 0 Å². The molecule has 0 saturated heterocycles. The first-order valence-corrected chi connectivity index (χ1v) is 5.96. The number of nitrogens with two attached hydrogens (primary N) is 1. The maximum absolute atomic E-state index is 6.04. The van der Waals surface area contributed by atoms with Crippen LogP contribution in [-0.2, 0) is 0 Å². The van der Waals surface area contributed by atoms with Gasteiger partial charge < -0.3 is 10.6 Å². The van der Waals surface area contributed by atoms with E-state index in [1.54, 1.807) is 11.3 Å². The van der Waals surface area contributed by atoms with E-state index in [1.807, 2.05) is 0 Å². The fourth-order valence-electron chi connectivity index (χ4n) is 1.11. The molecule has 0 amide bonds. The van der Waals surface area contributed by atoms with E-state index in [-0.39, 0.29) is 6.04 Å². The zero-order valence-corrected chi connectivity index (χ0v) is 10.4. The summed E-state index contributed by atoms with van der Waals surface area (Å²) in [5.74, 6) is 0. The summed E-state index contributed by atoms with van der Waals surface area (Å²) in [6.45, 7) is 1.03. The number of hydrogen-bond acceptors (Lipinski definition) is 3. The third-order valence-electron chi connectivity index (χ3n) is 1.93. The van der Waals surface area contributed by atoms with Gasteiger partial charge in [-0.1, -0.05) is 0 Å². The second-order valence-electron chi connectivity index (χ2n) is 3.37. The maximum atomic E-state index is 6.04. The van der Waals surface area contributed by atoms with Crippen LogP contribution in [0.4, 0.5) is 0 Å². The van der Waals surface area contributed by atoms with E-state index < -0.39 is 0 Å². The maximum Gasteiger partial charge on any atom is 0.0330 e. The highest BCUT2D eigenvalue weighted by atomic mass is 79.9. The lowest BCUT2D eigenvalue weighted by molar-refractivity contribution is 0.382. The van der Waals surface area contributed by atoms with Crippen molar-refractivity contribution in [3.8, 4) is 0 Å². The Morgan fingerprint density at radius 2 is 2.23 bits per heavy atom. The highest BCUT2D eigenvalue weighted by Gasteiger charge is 2.10. The molecule has 0 bridgehead atoms. The molecule has 1 aromatic rings. The first-order chi connectivity index (χ1) is 6.11. The molecule has 4 heteroatoms. The molecule has 0 spiro atoms. The number of halogens is 1. The van der Waals surface area contributed by atoms with Gasteiger partial charge >= 0.3 is 0 Å². The molecule has 1 aromatic heterocycles. The van der Waals surface area contributed by atoms with Crippen LogP contribution in [0.1, 0.15) is 18.0 Å². The highest BCUT2D eigenvalue weighted by Crippen LogP contribution is 2.27. The predicted octanol–water partition coefficient (Wildman–Crippen LogP) is 2.46. The Bertz CT molecular complexity index is 260. The molecule has 0 aromatic carbocycles. The van der Waals surface area contributed by atoms with E-state index in [0.29, 0.717) is 0 Å². The lowest BCUT2D eigenvalue weighted by Crippen LogP contribution is -2.19. The summed E-state index contributed by atoms with van der Waals surface area (Å²) in [5.41, 5.74) is 7.27. The van der Waals surface area contributed by atoms with Crippen molar-refractivity contribution in [3.05, 3.63) is 20.8 Å². The first kappa shape index (κ1) is 11.2. The molecule has 0 aliphatic heterocycles. The summed E-state index contributed by atoms with van der Waals surface area (Å²) in [7, 11) is 4.13. The minimum absolute atomic E-state index is 0.156. The molecule has 0 fully saturated rings. The van der Waals surface area contributed by atoms with Crippen LogP contribution in [-0.4, -0.2) is 25.5 Å². The topological polar surface area (TPSA) is 29.3 Å². The Morgan fingerprint density at radius 1 is 1.54 bits per heavy atom. The molecular weight excluding hydrogens is 248 g/mol. The fraction of sp³-hybridized carbons (Fsp3) is 0.556. The second-order valence-corrected chi connectivity index (χ2v) is 4.97. The van der Waals surface area contributed by atoms with Gasteiger partial charge in [-0.3, -0.25) is 0 Å². The molecule has 0 radical (unpaired) electrons. The monoisotopic (exact) mass is 262 g/mol. The quantitative estimate of drug-likeness (QED) is 0.904. The van der Waals surface area contributed by atoms with Crippen molar-refractivity contribution in [1.29, 1.82) is 0 Å². The molecule has 13 heavy (non-hydrogen) atoms. The van der Waals surface area contributed by atoms with E-state index in [0.717, 1.165) is 17.4 Å². The highest BCUT2D eigenvalue weighted by molar-refractivity contribution is 9.10. The zero-order chi connectivity index (χ0) is 9.84. The minimum atomic E-state index is 0.156. The third-order valence-corrected chi connectivity index (χ3v) is 3.68. The molecule has 1 atom stereocenters. The van der Waals surface area contributed by atoms with E-state index in [9.17, 15) is 0 Å². The molecule has 2 N–H and O–H groups in total. The van der Waals surface area contributed by atoms with Gasteiger partial charge in [0.1, 0.15) is 0 Å². The number of hydrogen-bond donors (Lipinski definition) is 1. The summed E-state index contributed by atoms with van der Waals surface area (Å²) in [6.07, 6.45) is 1.00. The Balaban J connectivity index is 2.49. The Morgan fingerprint density at radius 3 is 2.69 bits per heavy atom. The fourth-order valence-corrected chi connectivity index (χ4v) is 2.76. The summed E-state index contributed by atoms with van der Waals surface area (Å²) in [5, 5.41) is 4.19. The van der Waals surface area contributed by atoms with Crippen molar-refractivity contribution in [1.82, 2.24) is 4.90 Å². The van der Waals surface area contributed by atoms with Gasteiger partial charge in [-0.2, -0.15) is 11.3 Å². The van der Waals surface area contributed by atoms with Crippen LogP contribution in [0.5, 0.6) is 0 Å². The first-order valence-electron chi connectivity index (χ1n) is 4.23. The van der Waals surface area contributed by atoms with E-state index in [2.05, 4.69) is 45.7 Å². The molecule has 1 heterocycles. The van der Waals surface area contributed by atoms with Gasteiger partial charge in [-0.15, -0.1) is 0 Å². The van der Waals surface area contributed by atoms with Gasteiger partial charge in [0.05, 0.1) is 0 Å². The molecule has 1 rings (SSSR count). The molecule has 0 aliphatic carbocycles. The molecule has 0 aliphatic rings. The standard InChI is InChI=1S/C9H15BrN2S/c1-12(2)4-3-9(11)7-5-13-6-8(7)10/h5-6,9H,3-4,11H2,1-2H3. The third kappa shape index (κ3) is 3.38. The van der Waals surface area contributed by atoms with Gasteiger partial charge in [0.2, 0.25) is 0 Å². The van der Waals surface area contributed by atoms with Crippen molar-refractivity contribution < 1.29 is 0 Å². The number of nitrogens with zero attached hydrogens (tertiary/aromatic N) is 1. The summed E-state index contributed by atoms with van der Waals surface area (Å²) < 4.78 is 1.14. The molecule has 74 valence electrons. The largest absolute Gasteiger partial charge is 0.324 e. The average molecular weight is 263 g/mol. The van der Waals surface area contributed by atoms with Crippen LogP contribution < -0.4 is 5.73 Å². The molecule has 2 nitrogen and oxygen atoms in total. The second kappa shape index (κ2) is 5.10. The van der Waals surface area contributed by atoms with Crippen LogP contribution in [0.3, 0.4) is 0 Å². The Labute approximate surface area is 91.9 Å². The number of rotatable bonds is 4. The smallest absolute Gasteiger partial charge is 0.0330 e. The van der Waals surface area contributed by atoms with E-state index >= 15 is 0 Å². The van der Waals surface area contributed by atoms with Crippen molar-refractivity contribution >= 4 is 27.3 Å². The average Bonchev–Trinajstić information content (AvgIpc) is 2.47. The lowest BCUT2D eigenvalue weighted by atomic mass is 10.1. The van der Waals surface area contributed by atoms with Gasteiger partial charge in [-0.25, -0.2) is 0 Å². The Kier molecular flexibility index (Phi) is 4.38. The minimum Gasteiger partial charge on any atom is -0.324 e. The van der Waals surface area contributed by atoms with Gasteiger partial charge in [0.15, 0.2) is 0 Å². The molecule has 0 saturated carbocycles. The lowest BCUT2D eigenvalue weighted by Gasteiger charge is -2.14. The van der Waals surface area contributed by atoms with E-state index in [1.165, 1.54) is 5.56 Å². The van der Waals surface area contributed by atoms with Crippen molar-refractivity contribution in [2.75, 3.05) is 20.6 Å². The molecule has 1 unspecified atom stereocenters. The summed E-state index contributed by atoms with van der Waals surface area (Å²) >= 11 is 5.18. The summed E-state index contributed by atoms with van der Waals surface area (Å²) in [6, 6.07) is 0.156. The van der Waals surface area contributed by atoms with Crippen LogP contribution in [0.25, 0.3) is 0 Å². The van der Waals surface area contributed by atoms with Gasteiger partial charge in [0.25, 0.3) is 0 Å². The van der Waals surface area contributed by atoms with Crippen LogP contribution in [0.2, 0.25) is 0 Å². The van der Waals surface area contributed by atoms with Gasteiger partial charge in [-0.05, 0) is 53.9 Å². The van der Waals surface area contributed by atoms with Crippen LogP contribution >= 0.6 is 27.3 Å². The number of thiophene rings is 1. The zero-order valence-electron chi connectivity index (χ0n) is 7.96. The van der Waals surface area contributed by atoms with Crippen molar-refractivity contribution in [3.63, 3.8) is 0 Å². The van der Waals surface area contributed by atoms with Crippen molar-refractivity contribution in [2.24, 2.45) is 5.73 Å². The predicted molar refractivity (Wildman–Crippen MR) is 62.1 cm³/mol. The SMILES string of the molecule is CN(C)CCC(N)c1cscc1Br. The van der Waals surface area contributed by atoms with Gasteiger partial charge in [0, 0.05) is 15.9 Å².